The molecule has 0 radical (unpaired) electrons. The van der Waals surface area contributed by atoms with E-state index in [1.54, 1.807) is 7.11 Å². The maximum Gasteiger partial charge on any atom is 0.161 e. The molecule has 2 aromatic carbocycles. The second-order valence-corrected chi connectivity index (χ2v) is 7.79. The smallest absolute Gasteiger partial charge is 0.161 e. The van der Waals surface area contributed by atoms with E-state index in [1.807, 2.05) is 14.1 Å². The molecule has 2 aromatic rings. The van der Waals surface area contributed by atoms with Crippen LogP contribution < -0.4 is 14.8 Å². The molecule has 134 valence electrons. The van der Waals surface area contributed by atoms with Crippen molar-refractivity contribution in [2.24, 2.45) is 0 Å². The van der Waals surface area contributed by atoms with E-state index in [9.17, 15) is 0 Å². The molecule has 0 fully saturated rings. The van der Waals surface area contributed by atoms with Gasteiger partial charge in [-0.15, -0.1) is 0 Å². The van der Waals surface area contributed by atoms with Gasteiger partial charge < -0.3 is 19.7 Å². The molecule has 1 aliphatic rings. The number of hydrogen-bond donors (Lipinski definition) is 1. The molecule has 1 unspecified atom stereocenters. The quantitative estimate of drug-likeness (QED) is 0.681. The van der Waals surface area contributed by atoms with E-state index in [0.717, 1.165) is 31.0 Å². The van der Waals surface area contributed by atoms with Crippen LogP contribution in [0.2, 0.25) is 0 Å². The third-order valence-electron chi connectivity index (χ3n) is 4.48. The first kappa shape index (κ1) is 18.5. The van der Waals surface area contributed by atoms with Gasteiger partial charge in [0.1, 0.15) is 6.61 Å². The highest BCUT2D eigenvalue weighted by atomic mass is 127. The minimum absolute atomic E-state index is 0.197. The van der Waals surface area contributed by atoms with Crippen molar-refractivity contribution in [3.8, 4) is 11.5 Å². The zero-order valence-electron chi connectivity index (χ0n) is 15.0. The van der Waals surface area contributed by atoms with Crippen LogP contribution >= 0.6 is 22.6 Å². The molecule has 5 heteroatoms. The molecule has 1 atom stereocenters. The molecule has 0 aromatic heterocycles. The normalized spacial score (nSPS) is 16.6. The van der Waals surface area contributed by atoms with Crippen molar-refractivity contribution in [3.63, 3.8) is 0 Å². The molecule has 0 amide bonds. The molecule has 1 N–H and O–H groups in total. The SMILES string of the molecule is COc1cc2c(cc1OCCN(C)C)C(c1ccc(I)cc1)NCC2. The summed E-state index contributed by atoms with van der Waals surface area (Å²) in [7, 11) is 5.80. The lowest BCUT2D eigenvalue weighted by atomic mass is 9.89. The predicted molar refractivity (Wildman–Crippen MR) is 110 cm³/mol. The van der Waals surface area contributed by atoms with Crippen LogP contribution in [-0.2, 0) is 6.42 Å². The van der Waals surface area contributed by atoms with Crippen molar-refractivity contribution in [2.75, 3.05) is 40.9 Å². The second kappa shape index (κ2) is 8.38. The Morgan fingerprint density at radius 3 is 2.60 bits per heavy atom. The van der Waals surface area contributed by atoms with Crippen LogP contribution in [0.25, 0.3) is 0 Å². The number of ether oxygens (including phenoxy) is 2. The van der Waals surface area contributed by atoms with Gasteiger partial charge in [-0.3, -0.25) is 0 Å². The van der Waals surface area contributed by atoms with E-state index >= 15 is 0 Å². The maximum atomic E-state index is 6.01. The van der Waals surface area contributed by atoms with Gasteiger partial charge in [-0.1, -0.05) is 12.1 Å². The molecule has 3 rings (SSSR count). The van der Waals surface area contributed by atoms with Gasteiger partial charge in [-0.25, -0.2) is 0 Å². The summed E-state index contributed by atoms with van der Waals surface area (Å²) in [6, 6.07) is 13.2. The topological polar surface area (TPSA) is 33.7 Å². The fourth-order valence-electron chi connectivity index (χ4n) is 3.13. The van der Waals surface area contributed by atoms with Gasteiger partial charge in [0.2, 0.25) is 0 Å². The average Bonchev–Trinajstić information content (AvgIpc) is 2.61. The molecule has 0 saturated carbocycles. The minimum atomic E-state index is 0.197. The van der Waals surface area contributed by atoms with Crippen molar-refractivity contribution in [2.45, 2.75) is 12.5 Å². The van der Waals surface area contributed by atoms with Crippen molar-refractivity contribution < 1.29 is 9.47 Å². The summed E-state index contributed by atoms with van der Waals surface area (Å²) in [5.74, 6) is 1.64. The molecular weight excluding hydrogens is 427 g/mol. The molecule has 1 aliphatic heterocycles. The van der Waals surface area contributed by atoms with Crippen LogP contribution in [0.3, 0.4) is 0 Å². The van der Waals surface area contributed by atoms with Crippen LogP contribution in [-0.4, -0.2) is 45.8 Å². The number of methoxy groups -OCH3 is 1. The fourth-order valence-corrected chi connectivity index (χ4v) is 3.49. The van der Waals surface area contributed by atoms with Crippen molar-refractivity contribution in [1.29, 1.82) is 0 Å². The zero-order chi connectivity index (χ0) is 17.8. The Labute approximate surface area is 163 Å². The van der Waals surface area contributed by atoms with Gasteiger partial charge in [0.15, 0.2) is 11.5 Å². The molecule has 0 saturated heterocycles. The lowest BCUT2D eigenvalue weighted by Gasteiger charge is -2.29. The average molecular weight is 452 g/mol. The van der Waals surface area contributed by atoms with E-state index in [-0.39, 0.29) is 6.04 Å². The van der Waals surface area contributed by atoms with Crippen LogP contribution in [0.5, 0.6) is 11.5 Å². The number of rotatable bonds is 6. The Bertz CT molecular complexity index is 716. The summed E-state index contributed by atoms with van der Waals surface area (Å²) in [5.41, 5.74) is 3.90. The number of nitrogens with zero attached hydrogens (tertiary/aromatic N) is 1. The van der Waals surface area contributed by atoms with E-state index < -0.39 is 0 Å². The lowest BCUT2D eigenvalue weighted by Crippen LogP contribution is -2.30. The number of benzene rings is 2. The Morgan fingerprint density at radius 1 is 1.16 bits per heavy atom. The summed E-state index contributed by atoms with van der Waals surface area (Å²) in [4.78, 5) is 2.11. The standard InChI is InChI=1S/C20H25IN2O2/c1-23(2)10-11-25-19-13-17-15(12-18(19)24-3)8-9-22-20(17)14-4-6-16(21)7-5-14/h4-7,12-13,20,22H,8-11H2,1-3H3. The largest absolute Gasteiger partial charge is 0.493 e. The van der Waals surface area contributed by atoms with E-state index in [0.29, 0.717) is 6.61 Å². The number of hydrogen-bond acceptors (Lipinski definition) is 4. The predicted octanol–water partition coefficient (Wildman–Crippen LogP) is 3.48. The number of nitrogens with one attached hydrogen (secondary N) is 1. The third kappa shape index (κ3) is 4.46. The Balaban J connectivity index is 1.92. The summed E-state index contributed by atoms with van der Waals surface area (Å²) in [5, 5.41) is 3.64. The Kier molecular flexibility index (Phi) is 6.19. The molecule has 0 bridgehead atoms. The minimum Gasteiger partial charge on any atom is -0.493 e. The van der Waals surface area contributed by atoms with E-state index in [1.165, 1.54) is 20.3 Å². The number of fused-ring (bicyclic) bond motifs is 1. The second-order valence-electron chi connectivity index (χ2n) is 6.54. The lowest BCUT2D eigenvalue weighted by molar-refractivity contribution is 0.250. The van der Waals surface area contributed by atoms with Crippen molar-refractivity contribution in [1.82, 2.24) is 10.2 Å². The number of likely N-dealkylation sites (N-methyl/N-ethyl adjacent to an activating group) is 1. The Morgan fingerprint density at radius 2 is 1.92 bits per heavy atom. The Hall–Kier alpha value is -1.31. The number of halogens is 1. The monoisotopic (exact) mass is 452 g/mol. The highest BCUT2D eigenvalue weighted by Gasteiger charge is 2.24. The van der Waals surface area contributed by atoms with Crippen LogP contribution in [0.1, 0.15) is 22.7 Å². The highest BCUT2D eigenvalue weighted by Crippen LogP contribution is 2.37. The first-order valence-electron chi connectivity index (χ1n) is 8.55. The van der Waals surface area contributed by atoms with Crippen LogP contribution in [0, 0.1) is 3.57 Å². The molecule has 25 heavy (non-hydrogen) atoms. The van der Waals surface area contributed by atoms with Gasteiger partial charge in [-0.05, 0) is 84.1 Å². The summed E-state index contributed by atoms with van der Waals surface area (Å²) in [6.07, 6.45) is 1.00. The van der Waals surface area contributed by atoms with Crippen molar-refractivity contribution >= 4 is 22.6 Å². The van der Waals surface area contributed by atoms with Crippen LogP contribution in [0.4, 0.5) is 0 Å². The van der Waals surface area contributed by atoms with E-state index in [2.05, 4.69) is 69.2 Å². The van der Waals surface area contributed by atoms with Crippen LogP contribution in [0.15, 0.2) is 36.4 Å². The van der Waals surface area contributed by atoms with Gasteiger partial charge in [0.05, 0.1) is 13.2 Å². The van der Waals surface area contributed by atoms with E-state index in [4.69, 9.17) is 9.47 Å². The summed E-state index contributed by atoms with van der Waals surface area (Å²) < 4.78 is 12.8. The molecule has 0 aliphatic carbocycles. The first-order chi connectivity index (χ1) is 12.1. The first-order valence-corrected chi connectivity index (χ1v) is 9.63. The van der Waals surface area contributed by atoms with Gasteiger partial charge in [0, 0.05) is 16.7 Å². The van der Waals surface area contributed by atoms with Gasteiger partial charge >= 0.3 is 0 Å². The molecule has 4 nitrogen and oxygen atoms in total. The highest BCUT2D eigenvalue weighted by molar-refractivity contribution is 14.1. The zero-order valence-corrected chi connectivity index (χ0v) is 17.2. The third-order valence-corrected chi connectivity index (χ3v) is 5.20. The van der Waals surface area contributed by atoms with Gasteiger partial charge in [0.25, 0.3) is 0 Å². The summed E-state index contributed by atoms with van der Waals surface area (Å²) in [6.45, 7) is 2.48. The molecular formula is C20H25IN2O2. The molecule has 0 spiro atoms. The van der Waals surface area contributed by atoms with Crippen molar-refractivity contribution in [3.05, 3.63) is 56.7 Å². The van der Waals surface area contributed by atoms with Gasteiger partial charge in [-0.2, -0.15) is 0 Å². The maximum absolute atomic E-state index is 6.01. The summed E-state index contributed by atoms with van der Waals surface area (Å²) >= 11 is 2.34. The molecule has 1 heterocycles. The fraction of sp³-hybridized carbons (Fsp3) is 0.400.